The Morgan fingerprint density at radius 1 is 1.56 bits per heavy atom. The molecule has 0 saturated carbocycles. The number of nitrogens with zero attached hydrogens (tertiary/aromatic N) is 4. The molecule has 3 heterocycles. The lowest BCUT2D eigenvalue weighted by atomic mass is 9.75. The van der Waals surface area contributed by atoms with Gasteiger partial charge in [-0.3, -0.25) is 4.79 Å². The molecule has 0 N–H and O–H groups in total. The Bertz CT molecular complexity index is 443. The zero-order valence-corrected chi connectivity index (χ0v) is 10.6. The quantitative estimate of drug-likeness (QED) is 0.769. The van der Waals surface area contributed by atoms with Crippen molar-refractivity contribution in [2.24, 2.45) is 5.41 Å². The van der Waals surface area contributed by atoms with Crippen LogP contribution in [-0.2, 0) is 11.3 Å². The van der Waals surface area contributed by atoms with Gasteiger partial charge in [-0.1, -0.05) is 5.21 Å². The maximum atomic E-state index is 12.3. The molecule has 2 aliphatic heterocycles. The minimum Gasteiger partial charge on any atom is -0.381 e. The van der Waals surface area contributed by atoms with E-state index >= 15 is 0 Å². The molecular formula is C12H18N4O2. The Morgan fingerprint density at radius 3 is 3.06 bits per heavy atom. The summed E-state index contributed by atoms with van der Waals surface area (Å²) in [6.07, 6.45) is 3.83. The number of likely N-dealkylation sites (tertiary alicyclic amines) is 1. The summed E-state index contributed by atoms with van der Waals surface area (Å²) in [5.41, 5.74) is 0.808. The van der Waals surface area contributed by atoms with Crippen LogP contribution >= 0.6 is 0 Å². The Balaban J connectivity index is 1.66. The van der Waals surface area contributed by atoms with Crippen LogP contribution in [0.2, 0.25) is 0 Å². The minimum absolute atomic E-state index is 0.0399. The molecule has 0 bridgehead atoms. The first-order valence-electron chi connectivity index (χ1n) is 6.50. The number of amides is 1. The third-order valence-corrected chi connectivity index (χ3v) is 3.88. The highest BCUT2D eigenvalue weighted by Crippen LogP contribution is 2.38. The Kier molecular flexibility index (Phi) is 2.81. The van der Waals surface area contributed by atoms with Crippen LogP contribution in [-0.4, -0.2) is 52.1 Å². The largest absolute Gasteiger partial charge is 0.381 e. The number of aryl methyl sites for hydroxylation is 1. The normalized spacial score (nSPS) is 21.9. The van der Waals surface area contributed by atoms with Gasteiger partial charge in [-0.05, 0) is 19.8 Å². The number of aromatic nitrogens is 3. The highest BCUT2D eigenvalue weighted by atomic mass is 16.5. The molecule has 0 radical (unpaired) electrons. The SMILES string of the molecule is CCn1nncc1C(=O)N1CC2(CCCOC2)C1. The lowest BCUT2D eigenvalue weighted by Crippen LogP contribution is -2.61. The molecule has 3 rings (SSSR count). The van der Waals surface area contributed by atoms with Crippen molar-refractivity contribution >= 4 is 5.91 Å². The highest BCUT2D eigenvalue weighted by Gasteiger charge is 2.46. The van der Waals surface area contributed by atoms with Gasteiger partial charge in [0.1, 0.15) is 5.69 Å². The molecule has 1 aromatic heterocycles. The minimum atomic E-state index is 0.0399. The molecule has 18 heavy (non-hydrogen) atoms. The van der Waals surface area contributed by atoms with E-state index in [2.05, 4.69) is 10.3 Å². The van der Waals surface area contributed by atoms with Crippen molar-refractivity contribution in [3.05, 3.63) is 11.9 Å². The van der Waals surface area contributed by atoms with E-state index in [1.54, 1.807) is 10.9 Å². The van der Waals surface area contributed by atoms with Gasteiger partial charge in [0.25, 0.3) is 5.91 Å². The Morgan fingerprint density at radius 2 is 2.39 bits per heavy atom. The zero-order chi connectivity index (χ0) is 12.6. The molecule has 0 unspecified atom stereocenters. The fourth-order valence-electron chi connectivity index (χ4n) is 2.89. The maximum Gasteiger partial charge on any atom is 0.273 e. The monoisotopic (exact) mass is 250 g/mol. The van der Waals surface area contributed by atoms with Crippen molar-refractivity contribution in [1.82, 2.24) is 19.9 Å². The van der Waals surface area contributed by atoms with Crippen LogP contribution < -0.4 is 0 Å². The highest BCUT2D eigenvalue weighted by molar-refractivity contribution is 5.92. The van der Waals surface area contributed by atoms with Crippen molar-refractivity contribution in [3.8, 4) is 0 Å². The van der Waals surface area contributed by atoms with Crippen LogP contribution in [0.25, 0.3) is 0 Å². The van der Waals surface area contributed by atoms with Gasteiger partial charge in [0, 0.05) is 31.7 Å². The first kappa shape index (κ1) is 11.6. The second kappa shape index (κ2) is 4.35. The van der Waals surface area contributed by atoms with Crippen LogP contribution in [0.3, 0.4) is 0 Å². The van der Waals surface area contributed by atoms with Crippen molar-refractivity contribution < 1.29 is 9.53 Å². The number of hydrogen-bond donors (Lipinski definition) is 0. The molecule has 1 spiro atoms. The molecule has 1 aromatic rings. The molecule has 98 valence electrons. The van der Waals surface area contributed by atoms with E-state index in [1.807, 2.05) is 11.8 Å². The molecular weight excluding hydrogens is 232 g/mol. The van der Waals surface area contributed by atoms with E-state index in [-0.39, 0.29) is 11.3 Å². The first-order valence-corrected chi connectivity index (χ1v) is 6.50. The van der Waals surface area contributed by atoms with E-state index in [0.717, 1.165) is 32.7 Å². The summed E-state index contributed by atoms with van der Waals surface area (Å²) in [6.45, 7) is 5.90. The third-order valence-electron chi connectivity index (χ3n) is 3.88. The summed E-state index contributed by atoms with van der Waals surface area (Å²) < 4.78 is 7.17. The lowest BCUT2D eigenvalue weighted by Gasteiger charge is -2.51. The average molecular weight is 250 g/mol. The van der Waals surface area contributed by atoms with E-state index in [1.165, 1.54) is 6.42 Å². The fourth-order valence-corrected chi connectivity index (χ4v) is 2.89. The van der Waals surface area contributed by atoms with Gasteiger partial charge in [0.2, 0.25) is 0 Å². The average Bonchev–Trinajstić information content (AvgIpc) is 2.84. The summed E-state index contributed by atoms with van der Waals surface area (Å²) >= 11 is 0. The van der Waals surface area contributed by atoms with Gasteiger partial charge in [-0.15, -0.1) is 5.10 Å². The predicted molar refractivity (Wildman–Crippen MR) is 64.1 cm³/mol. The van der Waals surface area contributed by atoms with Gasteiger partial charge in [0.05, 0.1) is 12.8 Å². The predicted octanol–water partition coefficient (Wildman–Crippen LogP) is 0.551. The van der Waals surface area contributed by atoms with E-state index in [4.69, 9.17) is 4.74 Å². The molecule has 6 nitrogen and oxygen atoms in total. The van der Waals surface area contributed by atoms with Crippen molar-refractivity contribution in [1.29, 1.82) is 0 Å². The summed E-state index contributed by atoms with van der Waals surface area (Å²) in [6, 6.07) is 0. The van der Waals surface area contributed by atoms with Crippen molar-refractivity contribution in [2.75, 3.05) is 26.3 Å². The van der Waals surface area contributed by atoms with E-state index in [9.17, 15) is 4.79 Å². The van der Waals surface area contributed by atoms with Crippen LogP contribution in [0.4, 0.5) is 0 Å². The van der Waals surface area contributed by atoms with E-state index in [0.29, 0.717) is 12.2 Å². The number of hydrogen-bond acceptors (Lipinski definition) is 4. The molecule has 2 aliphatic rings. The summed E-state index contributed by atoms with van der Waals surface area (Å²) in [5, 5.41) is 7.69. The van der Waals surface area contributed by atoms with Gasteiger partial charge < -0.3 is 9.64 Å². The Hall–Kier alpha value is -1.43. The van der Waals surface area contributed by atoms with Gasteiger partial charge in [0.15, 0.2) is 0 Å². The molecule has 6 heteroatoms. The summed E-state index contributed by atoms with van der Waals surface area (Å²) in [7, 11) is 0. The maximum absolute atomic E-state index is 12.3. The number of rotatable bonds is 2. The molecule has 2 fully saturated rings. The molecule has 2 saturated heterocycles. The topological polar surface area (TPSA) is 60.2 Å². The molecule has 0 atom stereocenters. The van der Waals surface area contributed by atoms with Crippen LogP contribution in [0.5, 0.6) is 0 Å². The van der Waals surface area contributed by atoms with Gasteiger partial charge in [-0.25, -0.2) is 4.68 Å². The third kappa shape index (κ3) is 1.80. The van der Waals surface area contributed by atoms with Gasteiger partial charge in [-0.2, -0.15) is 0 Å². The second-order valence-corrected chi connectivity index (χ2v) is 5.25. The standard InChI is InChI=1S/C12H18N4O2/c1-2-16-10(6-13-14-16)11(17)15-7-12(8-15)4-3-5-18-9-12/h6H,2-5,7-9H2,1H3. The van der Waals surface area contributed by atoms with Gasteiger partial charge >= 0.3 is 0 Å². The zero-order valence-electron chi connectivity index (χ0n) is 10.6. The van der Waals surface area contributed by atoms with Crippen LogP contribution in [0, 0.1) is 5.41 Å². The summed E-state index contributed by atoms with van der Waals surface area (Å²) in [4.78, 5) is 14.2. The number of ether oxygens (including phenoxy) is 1. The lowest BCUT2D eigenvalue weighted by molar-refractivity contribution is -0.0865. The fraction of sp³-hybridized carbons (Fsp3) is 0.750. The van der Waals surface area contributed by atoms with Crippen LogP contribution in [0.1, 0.15) is 30.3 Å². The summed E-state index contributed by atoms with van der Waals surface area (Å²) in [5.74, 6) is 0.0399. The Labute approximate surface area is 106 Å². The van der Waals surface area contributed by atoms with Crippen molar-refractivity contribution in [2.45, 2.75) is 26.3 Å². The van der Waals surface area contributed by atoms with Crippen LogP contribution in [0.15, 0.2) is 6.20 Å². The molecule has 0 aliphatic carbocycles. The number of carbonyl (C=O) groups excluding carboxylic acids is 1. The first-order chi connectivity index (χ1) is 8.74. The number of carbonyl (C=O) groups is 1. The second-order valence-electron chi connectivity index (χ2n) is 5.25. The molecule has 0 aromatic carbocycles. The molecule has 1 amide bonds. The smallest absolute Gasteiger partial charge is 0.273 e. The van der Waals surface area contributed by atoms with E-state index < -0.39 is 0 Å². The van der Waals surface area contributed by atoms with Crippen molar-refractivity contribution in [3.63, 3.8) is 0 Å².